The standard InChI is InChI=1S/C14H16N2O2S2/c1-8(17)13-11(15)12(18-2)14(20-13)16-5-3-10-9(7-16)4-6-19-10/h4,6H,3,5,7,15H2,1-2H3. The molecule has 6 heteroatoms. The van der Waals surface area contributed by atoms with Gasteiger partial charge in [0.05, 0.1) is 17.7 Å². The van der Waals surface area contributed by atoms with Crippen LogP contribution in [0.2, 0.25) is 0 Å². The number of hydrogen-bond acceptors (Lipinski definition) is 6. The summed E-state index contributed by atoms with van der Waals surface area (Å²) in [6, 6.07) is 2.17. The maximum atomic E-state index is 11.6. The third-order valence-electron chi connectivity index (χ3n) is 3.50. The van der Waals surface area contributed by atoms with Crippen molar-refractivity contribution in [3.63, 3.8) is 0 Å². The lowest BCUT2D eigenvalue weighted by Gasteiger charge is -2.28. The molecule has 0 amide bonds. The number of nitrogens with two attached hydrogens (primary N) is 1. The van der Waals surface area contributed by atoms with Crippen molar-refractivity contribution in [2.24, 2.45) is 0 Å². The van der Waals surface area contributed by atoms with Gasteiger partial charge in [0.25, 0.3) is 0 Å². The minimum Gasteiger partial charge on any atom is -0.492 e. The zero-order chi connectivity index (χ0) is 14.3. The number of ketones is 1. The van der Waals surface area contributed by atoms with Gasteiger partial charge in [-0.2, -0.15) is 0 Å². The highest BCUT2D eigenvalue weighted by Gasteiger charge is 2.26. The summed E-state index contributed by atoms with van der Waals surface area (Å²) in [7, 11) is 1.60. The topological polar surface area (TPSA) is 55.6 Å². The van der Waals surface area contributed by atoms with Gasteiger partial charge in [0, 0.05) is 24.9 Å². The van der Waals surface area contributed by atoms with Gasteiger partial charge in [0.15, 0.2) is 11.5 Å². The number of fused-ring (bicyclic) bond motifs is 1. The largest absolute Gasteiger partial charge is 0.492 e. The van der Waals surface area contributed by atoms with Crippen molar-refractivity contribution in [1.82, 2.24) is 0 Å². The van der Waals surface area contributed by atoms with Crippen molar-refractivity contribution in [2.75, 3.05) is 24.3 Å². The molecule has 20 heavy (non-hydrogen) atoms. The molecule has 1 aliphatic heterocycles. The summed E-state index contributed by atoms with van der Waals surface area (Å²) >= 11 is 3.24. The van der Waals surface area contributed by atoms with Crippen LogP contribution >= 0.6 is 22.7 Å². The number of ether oxygens (including phenoxy) is 1. The molecule has 0 radical (unpaired) electrons. The first kappa shape index (κ1) is 13.5. The molecule has 2 N–H and O–H groups in total. The van der Waals surface area contributed by atoms with Gasteiger partial charge in [-0.15, -0.1) is 22.7 Å². The van der Waals surface area contributed by atoms with E-state index in [1.54, 1.807) is 14.0 Å². The molecule has 4 nitrogen and oxygen atoms in total. The lowest BCUT2D eigenvalue weighted by Crippen LogP contribution is -2.28. The van der Waals surface area contributed by atoms with Gasteiger partial charge in [-0.05, 0) is 23.4 Å². The highest BCUT2D eigenvalue weighted by molar-refractivity contribution is 7.19. The number of nitrogens with zero attached hydrogens (tertiary/aromatic N) is 1. The maximum absolute atomic E-state index is 11.6. The maximum Gasteiger partial charge on any atom is 0.177 e. The quantitative estimate of drug-likeness (QED) is 0.885. The Bertz CT molecular complexity index is 660. The Morgan fingerprint density at radius 1 is 1.50 bits per heavy atom. The van der Waals surface area contributed by atoms with E-state index in [-0.39, 0.29) is 5.78 Å². The molecular weight excluding hydrogens is 292 g/mol. The predicted molar refractivity (Wildman–Crippen MR) is 84.4 cm³/mol. The summed E-state index contributed by atoms with van der Waals surface area (Å²) < 4.78 is 5.42. The molecule has 0 aromatic carbocycles. The Morgan fingerprint density at radius 3 is 3.00 bits per heavy atom. The van der Waals surface area contributed by atoms with E-state index < -0.39 is 0 Å². The molecule has 3 heterocycles. The third kappa shape index (κ3) is 2.09. The van der Waals surface area contributed by atoms with E-state index in [1.165, 1.54) is 21.8 Å². The molecule has 0 saturated carbocycles. The lowest BCUT2D eigenvalue weighted by molar-refractivity contribution is 0.102. The molecule has 0 unspecified atom stereocenters. The number of anilines is 2. The number of thiophene rings is 2. The van der Waals surface area contributed by atoms with Gasteiger partial charge in [-0.1, -0.05) is 0 Å². The second kappa shape index (κ2) is 5.10. The molecule has 0 bridgehead atoms. The Labute approximate surface area is 125 Å². The van der Waals surface area contributed by atoms with Crippen molar-refractivity contribution in [3.05, 3.63) is 26.8 Å². The second-order valence-corrected chi connectivity index (χ2v) is 6.78. The Kier molecular flexibility index (Phi) is 3.43. The number of carbonyl (C=O) groups excluding carboxylic acids is 1. The number of methoxy groups -OCH3 is 1. The van der Waals surface area contributed by atoms with Gasteiger partial charge in [-0.25, -0.2) is 0 Å². The van der Waals surface area contributed by atoms with Crippen molar-refractivity contribution >= 4 is 39.1 Å². The number of Topliss-reactive ketones (excluding diaryl/α,β-unsaturated/α-hetero) is 1. The minimum atomic E-state index is -0.00900. The van der Waals surface area contributed by atoms with Gasteiger partial charge in [-0.3, -0.25) is 4.79 Å². The Hall–Kier alpha value is -1.53. The molecule has 0 saturated heterocycles. The van der Waals surface area contributed by atoms with E-state index in [0.29, 0.717) is 16.3 Å². The summed E-state index contributed by atoms with van der Waals surface area (Å²) in [5.41, 5.74) is 7.87. The van der Waals surface area contributed by atoms with Crippen molar-refractivity contribution in [1.29, 1.82) is 0 Å². The lowest BCUT2D eigenvalue weighted by atomic mass is 10.1. The number of nitrogen functional groups attached to an aromatic ring is 1. The van der Waals surface area contributed by atoms with Crippen LogP contribution in [0.5, 0.6) is 5.75 Å². The van der Waals surface area contributed by atoms with Gasteiger partial charge in [0.2, 0.25) is 0 Å². The number of carbonyl (C=O) groups is 1. The fraction of sp³-hybridized carbons (Fsp3) is 0.357. The summed E-state index contributed by atoms with van der Waals surface area (Å²) in [5.74, 6) is 0.629. The van der Waals surface area contributed by atoms with Crippen LogP contribution in [-0.2, 0) is 13.0 Å². The number of hydrogen-bond donors (Lipinski definition) is 1. The fourth-order valence-electron chi connectivity index (χ4n) is 2.51. The van der Waals surface area contributed by atoms with E-state index in [9.17, 15) is 4.79 Å². The van der Waals surface area contributed by atoms with Gasteiger partial charge >= 0.3 is 0 Å². The van der Waals surface area contributed by atoms with Crippen LogP contribution in [0.25, 0.3) is 0 Å². The van der Waals surface area contributed by atoms with Crippen molar-refractivity contribution < 1.29 is 9.53 Å². The molecule has 106 valence electrons. The first-order valence-corrected chi connectivity index (χ1v) is 8.08. The van der Waals surface area contributed by atoms with Gasteiger partial charge < -0.3 is 15.4 Å². The van der Waals surface area contributed by atoms with Crippen LogP contribution in [0.4, 0.5) is 10.7 Å². The molecule has 2 aromatic rings. The first-order valence-electron chi connectivity index (χ1n) is 6.39. The molecule has 2 aromatic heterocycles. The monoisotopic (exact) mass is 308 g/mol. The molecule has 3 rings (SSSR count). The zero-order valence-corrected chi connectivity index (χ0v) is 13.1. The van der Waals surface area contributed by atoms with Crippen LogP contribution in [-0.4, -0.2) is 19.4 Å². The normalized spacial score (nSPS) is 14.2. The van der Waals surface area contributed by atoms with Crippen LogP contribution in [0.3, 0.4) is 0 Å². The zero-order valence-electron chi connectivity index (χ0n) is 11.4. The molecular formula is C14H16N2O2S2. The molecule has 0 aliphatic carbocycles. The second-order valence-electron chi connectivity index (χ2n) is 4.78. The van der Waals surface area contributed by atoms with Crippen LogP contribution < -0.4 is 15.4 Å². The molecule has 0 spiro atoms. The van der Waals surface area contributed by atoms with Crippen LogP contribution in [0.1, 0.15) is 27.0 Å². The van der Waals surface area contributed by atoms with Crippen LogP contribution in [0, 0.1) is 0 Å². The highest BCUT2D eigenvalue weighted by atomic mass is 32.1. The summed E-state index contributed by atoms with van der Waals surface area (Å²) in [5, 5.41) is 3.10. The SMILES string of the molecule is COc1c(N2CCc3sccc3C2)sc(C(C)=O)c1N. The van der Waals surface area contributed by atoms with E-state index in [1.807, 2.05) is 11.3 Å². The van der Waals surface area contributed by atoms with E-state index >= 15 is 0 Å². The minimum absolute atomic E-state index is 0.00900. The fourth-order valence-corrected chi connectivity index (χ4v) is 4.51. The molecule has 1 aliphatic rings. The van der Waals surface area contributed by atoms with E-state index in [4.69, 9.17) is 10.5 Å². The Balaban J connectivity index is 1.99. The van der Waals surface area contributed by atoms with E-state index in [0.717, 1.165) is 24.5 Å². The molecule has 0 atom stereocenters. The summed E-state index contributed by atoms with van der Waals surface area (Å²) in [4.78, 5) is 15.9. The third-order valence-corrected chi connectivity index (χ3v) is 5.87. The van der Waals surface area contributed by atoms with Gasteiger partial charge in [0.1, 0.15) is 5.00 Å². The number of rotatable bonds is 3. The molecule has 0 fully saturated rings. The highest BCUT2D eigenvalue weighted by Crippen LogP contribution is 2.46. The summed E-state index contributed by atoms with van der Waals surface area (Å²) in [6.45, 7) is 3.33. The predicted octanol–water partition coefficient (Wildman–Crippen LogP) is 3.17. The smallest absolute Gasteiger partial charge is 0.177 e. The van der Waals surface area contributed by atoms with Crippen LogP contribution in [0.15, 0.2) is 11.4 Å². The average molecular weight is 308 g/mol. The summed E-state index contributed by atoms with van der Waals surface area (Å²) in [6.07, 6.45) is 1.03. The first-order chi connectivity index (χ1) is 9.61. The van der Waals surface area contributed by atoms with E-state index in [2.05, 4.69) is 16.3 Å². The Morgan fingerprint density at radius 2 is 2.30 bits per heavy atom. The average Bonchev–Trinajstić information content (AvgIpc) is 3.01. The van der Waals surface area contributed by atoms with Crippen molar-refractivity contribution in [3.8, 4) is 5.75 Å². The van der Waals surface area contributed by atoms with Crippen molar-refractivity contribution in [2.45, 2.75) is 19.9 Å².